The second-order valence-corrected chi connectivity index (χ2v) is 5.14. The molecule has 1 aliphatic rings. The Bertz CT molecular complexity index is 721. The second-order valence-electron chi connectivity index (χ2n) is 5.14. The van der Waals surface area contributed by atoms with Gasteiger partial charge in [-0.3, -0.25) is 4.68 Å². The van der Waals surface area contributed by atoms with E-state index in [0.29, 0.717) is 5.75 Å². The summed E-state index contributed by atoms with van der Waals surface area (Å²) in [5.74, 6) is 0.390. The number of carboxylic acids is 1. The minimum atomic E-state index is -1.04. The Hall–Kier alpha value is -2.50. The van der Waals surface area contributed by atoms with Crippen LogP contribution in [0.25, 0.3) is 11.3 Å². The van der Waals surface area contributed by atoms with Crippen molar-refractivity contribution >= 4 is 5.97 Å². The molecule has 0 bridgehead atoms. The van der Waals surface area contributed by atoms with Crippen molar-refractivity contribution in [3.63, 3.8) is 0 Å². The average molecular weight is 288 g/mol. The van der Waals surface area contributed by atoms with Gasteiger partial charge in [-0.15, -0.1) is 0 Å². The zero-order valence-electron chi connectivity index (χ0n) is 12.1. The Labute approximate surface area is 121 Å². The number of carbonyl (C=O) groups is 1. The number of aromatic carboxylic acids is 1. The van der Waals surface area contributed by atoms with E-state index in [2.05, 4.69) is 5.10 Å². The normalized spacial score (nSPS) is 16.4. The Morgan fingerprint density at radius 3 is 2.86 bits per heavy atom. The highest BCUT2D eigenvalue weighted by Crippen LogP contribution is 2.41. The van der Waals surface area contributed by atoms with Gasteiger partial charge in [0.05, 0.1) is 12.8 Å². The molecular weight excluding hydrogens is 272 g/mol. The lowest BCUT2D eigenvalue weighted by molar-refractivity contribution is 0.0689. The van der Waals surface area contributed by atoms with Gasteiger partial charge in [0.1, 0.15) is 6.10 Å². The van der Waals surface area contributed by atoms with Gasteiger partial charge in [0.15, 0.2) is 17.2 Å². The van der Waals surface area contributed by atoms with Crippen molar-refractivity contribution in [2.45, 2.75) is 19.4 Å². The number of ether oxygens (including phenoxy) is 2. The third kappa shape index (κ3) is 2.22. The second kappa shape index (κ2) is 4.80. The van der Waals surface area contributed by atoms with Gasteiger partial charge in [-0.2, -0.15) is 5.10 Å². The van der Waals surface area contributed by atoms with E-state index in [0.717, 1.165) is 29.0 Å². The molecule has 2 aromatic rings. The molecule has 1 atom stereocenters. The Morgan fingerprint density at radius 1 is 1.48 bits per heavy atom. The minimum Gasteiger partial charge on any atom is -0.493 e. The van der Waals surface area contributed by atoms with E-state index in [9.17, 15) is 4.79 Å². The number of methoxy groups -OCH3 is 1. The van der Waals surface area contributed by atoms with Gasteiger partial charge in [0, 0.05) is 24.6 Å². The van der Waals surface area contributed by atoms with Crippen molar-refractivity contribution in [3.05, 3.63) is 29.5 Å². The van der Waals surface area contributed by atoms with Crippen LogP contribution in [0.15, 0.2) is 18.2 Å². The molecule has 1 aromatic carbocycles. The number of hydrogen-bond acceptors (Lipinski definition) is 4. The summed E-state index contributed by atoms with van der Waals surface area (Å²) in [7, 11) is 3.32. The summed E-state index contributed by atoms with van der Waals surface area (Å²) < 4.78 is 12.7. The lowest BCUT2D eigenvalue weighted by Crippen LogP contribution is -2.05. The van der Waals surface area contributed by atoms with Crippen LogP contribution in [-0.2, 0) is 13.5 Å². The van der Waals surface area contributed by atoms with E-state index in [1.54, 1.807) is 24.9 Å². The number of carboxylic acid groups (broad SMARTS) is 1. The van der Waals surface area contributed by atoms with Gasteiger partial charge >= 0.3 is 5.97 Å². The number of fused-ring (bicyclic) bond motifs is 1. The van der Waals surface area contributed by atoms with Crippen molar-refractivity contribution < 1.29 is 19.4 Å². The maximum Gasteiger partial charge on any atom is 0.356 e. The van der Waals surface area contributed by atoms with E-state index in [-0.39, 0.29) is 11.8 Å². The Kier molecular flexibility index (Phi) is 3.08. The molecular formula is C15H16N2O4. The number of rotatable bonds is 3. The molecule has 0 fully saturated rings. The molecule has 0 radical (unpaired) electrons. The quantitative estimate of drug-likeness (QED) is 0.936. The fourth-order valence-corrected chi connectivity index (χ4v) is 2.64. The molecule has 3 rings (SSSR count). The van der Waals surface area contributed by atoms with E-state index >= 15 is 0 Å². The molecule has 6 nitrogen and oxygen atoms in total. The number of benzene rings is 1. The predicted octanol–water partition coefficient (Wildman–Crippen LogP) is 2.12. The summed E-state index contributed by atoms with van der Waals surface area (Å²) in [4.78, 5) is 11.0. The smallest absolute Gasteiger partial charge is 0.356 e. The molecule has 0 amide bonds. The molecule has 0 saturated carbocycles. The molecule has 1 aliphatic heterocycles. The summed E-state index contributed by atoms with van der Waals surface area (Å²) in [6.45, 7) is 2.01. The SMILES string of the molecule is COc1cc(-c2cc(C(=O)O)nn2C)cc2c1OC(C)C2. The summed E-state index contributed by atoms with van der Waals surface area (Å²) in [6, 6.07) is 5.41. The highest BCUT2D eigenvalue weighted by atomic mass is 16.5. The van der Waals surface area contributed by atoms with Gasteiger partial charge in [0.2, 0.25) is 0 Å². The first kappa shape index (κ1) is 13.5. The monoisotopic (exact) mass is 288 g/mol. The fraction of sp³-hybridized carbons (Fsp3) is 0.333. The molecule has 0 spiro atoms. The topological polar surface area (TPSA) is 73.6 Å². The zero-order valence-corrected chi connectivity index (χ0v) is 12.1. The maximum absolute atomic E-state index is 11.0. The van der Waals surface area contributed by atoms with E-state index < -0.39 is 5.97 Å². The van der Waals surface area contributed by atoms with Crippen LogP contribution >= 0.6 is 0 Å². The lowest BCUT2D eigenvalue weighted by Gasteiger charge is -2.10. The van der Waals surface area contributed by atoms with Crippen LogP contribution in [0.5, 0.6) is 11.5 Å². The number of aromatic nitrogens is 2. The van der Waals surface area contributed by atoms with Crippen LogP contribution in [0.4, 0.5) is 0 Å². The summed E-state index contributed by atoms with van der Waals surface area (Å²) >= 11 is 0. The summed E-state index contributed by atoms with van der Waals surface area (Å²) in [5.41, 5.74) is 2.69. The van der Waals surface area contributed by atoms with Crippen LogP contribution < -0.4 is 9.47 Å². The van der Waals surface area contributed by atoms with Gasteiger partial charge in [-0.25, -0.2) is 4.79 Å². The molecule has 1 N–H and O–H groups in total. The molecule has 110 valence electrons. The van der Waals surface area contributed by atoms with Crippen LogP contribution in [0.3, 0.4) is 0 Å². The lowest BCUT2D eigenvalue weighted by atomic mass is 10.0. The number of nitrogens with zero attached hydrogens (tertiary/aromatic N) is 2. The van der Waals surface area contributed by atoms with Crippen LogP contribution in [-0.4, -0.2) is 34.1 Å². The van der Waals surface area contributed by atoms with Crippen molar-refractivity contribution in [2.75, 3.05) is 7.11 Å². The zero-order chi connectivity index (χ0) is 15.1. The predicted molar refractivity (Wildman–Crippen MR) is 75.9 cm³/mol. The molecule has 0 saturated heterocycles. The van der Waals surface area contributed by atoms with E-state index in [1.807, 2.05) is 19.1 Å². The standard InChI is InChI=1S/C15H16N2O4/c1-8-4-10-5-9(6-13(20-3)14(10)21-8)12-7-11(15(18)19)16-17(12)2/h5-8H,4H2,1-3H3,(H,18,19). The summed E-state index contributed by atoms with van der Waals surface area (Å²) in [6.07, 6.45) is 0.925. The number of hydrogen-bond donors (Lipinski definition) is 1. The molecule has 2 heterocycles. The first-order valence-electron chi connectivity index (χ1n) is 6.65. The Balaban J connectivity index is 2.12. The number of aryl methyl sites for hydroxylation is 1. The Morgan fingerprint density at radius 2 is 2.24 bits per heavy atom. The third-order valence-electron chi connectivity index (χ3n) is 3.57. The van der Waals surface area contributed by atoms with Crippen LogP contribution in [0, 0.1) is 0 Å². The van der Waals surface area contributed by atoms with Gasteiger partial charge < -0.3 is 14.6 Å². The van der Waals surface area contributed by atoms with Crippen molar-refractivity contribution in [1.82, 2.24) is 9.78 Å². The largest absolute Gasteiger partial charge is 0.493 e. The third-order valence-corrected chi connectivity index (χ3v) is 3.57. The van der Waals surface area contributed by atoms with Crippen LogP contribution in [0.1, 0.15) is 23.0 Å². The van der Waals surface area contributed by atoms with Crippen LogP contribution in [0.2, 0.25) is 0 Å². The molecule has 1 unspecified atom stereocenters. The summed E-state index contributed by atoms with van der Waals surface area (Å²) in [5, 5.41) is 13.0. The van der Waals surface area contributed by atoms with Gasteiger partial charge in [0.25, 0.3) is 0 Å². The maximum atomic E-state index is 11.0. The van der Waals surface area contributed by atoms with Crippen molar-refractivity contribution in [2.24, 2.45) is 7.05 Å². The molecule has 0 aliphatic carbocycles. The van der Waals surface area contributed by atoms with Gasteiger partial charge in [-0.05, 0) is 25.1 Å². The first-order valence-corrected chi connectivity index (χ1v) is 6.65. The van der Waals surface area contributed by atoms with Crippen molar-refractivity contribution in [1.29, 1.82) is 0 Å². The van der Waals surface area contributed by atoms with Crippen molar-refractivity contribution in [3.8, 4) is 22.8 Å². The minimum absolute atomic E-state index is 0.0246. The van der Waals surface area contributed by atoms with Gasteiger partial charge in [-0.1, -0.05) is 0 Å². The fourth-order valence-electron chi connectivity index (χ4n) is 2.64. The van der Waals surface area contributed by atoms with E-state index in [4.69, 9.17) is 14.6 Å². The molecule has 6 heteroatoms. The highest BCUT2D eigenvalue weighted by molar-refractivity contribution is 5.87. The highest BCUT2D eigenvalue weighted by Gasteiger charge is 2.25. The first-order chi connectivity index (χ1) is 9.99. The average Bonchev–Trinajstić information content (AvgIpc) is 2.99. The van der Waals surface area contributed by atoms with E-state index in [1.165, 1.54) is 0 Å². The molecule has 21 heavy (non-hydrogen) atoms. The molecule has 1 aromatic heterocycles.